The summed E-state index contributed by atoms with van der Waals surface area (Å²) < 4.78 is 0. The van der Waals surface area contributed by atoms with Crippen molar-refractivity contribution in [3.8, 4) is 0 Å². The molecule has 1 aliphatic rings. The van der Waals surface area contributed by atoms with Crippen LogP contribution in [0.1, 0.15) is 0 Å². The molecular formula is C18H19N3O2. The van der Waals surface area contributed by atoms with Crippen molar-refractivity contribution < 1.29 is 9.59 Å². The van der Waals surface area contributed by atoms with Gasteiger partial charge in [-0.2, -0.15) is 0 Å². The van der Waals surface area contributed by atoms with Gasteiger partial charge in [0, 0.05) is 6.54 Å². The van der Waals surface area contributed by atoms with E-state index in [2.05, 4.69) is 0 Å². The fourth-order valence-electron chi connectivity index (χ4n) is 2.74. The molecule has 0 saturated carbocycles. The highest BCUT2D eigenvalue weighted by Crippen LogP contribution is 2.31. The fraction of sp³-hybridized carbons (Fsp3) is 0.222. The monoisotopic (exact) mass is 309 g/mol. The Hall–Kier alpha value is -2.66. The molecule has 1 fully saturated rings. The van der Waals surface area contributed by atoms with Gasteiger partial charge in [-0.05, 0) is 38.4 Å². The smallest absolute Gasteiger partial charge is 0.260 e. The zero-order chi connectivity index (χ0) is 16.4. The van der Waals surface area contributed by atoms with E-state index < -0.39 is 5.92 Å². The molecule has 0 bridgehead atoms. The molecule has 0 aliphatic carbocycles. The summed E-state index contributed by atoms with van der Waals surface area (Å²) in [5.74, 6) is -1.08. The molecule has 118 valence electrons. The quantitative estimate of drug-likeness (QED) is 0.813. The van der Waals surface area contributed by atoms with Gasteiger partial charge in [-0.3, -0.25) is 9.59 Å². The topological polar surface area (TPSA) is 43.9 Å². The lowest BCUT2D eigenvalue weighted by atomic mass is 10.1. The van der Waals surface area contributed by atoms with E-state index in [-0.39, 0.29) is 11.8 Å². The van der Waals surface area contributed by atoms with Crippen LogP contribution >= 0.6 is 0 Å². The van der Waals surface area contributed by atoms with E-state index in [1.807, 2.05) is 79.7 Å². The molecule has 1 saturated heterocycles. The van der Waals surface area contributed by atoms with Crippen molar-refractivity contribution in [1.82, 2.24) is 4.90 Å². The van der Waals surface area contributed by atoms with E-state index in [9.17, 15) is 9.59 Å². The number of carbonyl (C=O) groups is 2. The second-order valence-corrected chi connectivity index (χ2v) is 5.79. The first kappa shape index (κ1) is 15.2. The number of anilines is 2. The van der Waals surface area contributed by atoms with Crippen LogP contribution in [-0.2, 0) is 9.59 Å². The molecule has 2 aromatic carbocycles. The van der Waals surface area contributed by atoms with Crippen LogP contribution in [0.25, 0.3) is 0 Å². The highest BCUT2D eigenvalue weighted by atomic mass is 16.2. The molecule has 0 atom stereocenters. The Morgan fingerprint density at radius 2 is 1.17 bits per heavy atom. The Morgan fingerprint density at radius 3 is 1.52 bits per heavy atom. The van der Waals surface area contributed by atoms with E-state index in [4.69, 9.17) is 0 Å². The Labute approximate surface area is 135 Å². The van der Waals surface area contributed by atoms with E-state index in [0.29, 0.717) is 17.9 Å². The molecule has 2 amide bonds. The van der Waals surface area contributed by atoms with Gasteiger partial charge in [0.05, 0.1) is 11.4 Å². The van der Waals surface area contributed by atoms with Gasteiger partial charge in [-0.25, -0.2) is 10.0 Å². The van der Waals surface area contributed by atoms with Gasteiger partial charge in [0.25, 0.3) is 11.8 Å². The van der Waals surface area contributed by atoms with Gasteiger partial charge in [-0.1, -0.05) is 36.4 Å². The zero-order valence-corrected chi connectivity index (χ0v) is 13.2. The molecule has 0 aromatic heterocycles. The Bertz CT molecular complexity index is 643. The maximum atomic E-state index is 12.9. The summed E-state index contributed by atoms with van der Waals surface area (Å²) in [6.07, 6.45) is 0. The Balaban J connectivity index is 2.06. The predicted molar refractivity (Wildman–Crippen MR) is 89.9 cm³/mol. The lowest BCUT2D eigenvalue weighted by Gasteiger charge is -2.27. The fourth-order valence-corrected chi connectivity index (χ4v) is 2.74. The molecule has 3 rings (SSSR count). The summed E-state index contributed by atoms with van der Waals surface area (Å²) in [7, 11) is 3.72. The van der Waals surface area contributed by atoms with E-state index in [1.165, 1.54) is 10.0 Å². The third-order valence-corrected chi connectivity index (χ3v) is 3.76. The SMILES string of the molecule is CN(C)CC1C(=O)N(c2ccccc2)N(c2ccccc2)C1=O. The van der Waals surface area contributed by atoms with E-state index in [1.54, 1.807) is 0 Å². The van der Waals surface area contributed by atoms with Crippen molar-refractivity contribution >= 4 is 23.2 Å². The first-order valence-electron chi connectivity index (χ1n) is 7.52. The minimum Gasteiger partial charge on any atom is -0.308 e. The van der Waals surface area contributed by atoms with Gasteiger partial charge in [0.15, 0.2) is 0 Å². The van der Waals surface area contributed by atoms with Crippen LogP contribution in [0.3, 0.4) is 0 Å². The van der Waals surface area contributed by atoms with Crippen molar-refractivity contribution in [1.29, 1.82) is 0 Å². The molecule has 5 heteroatoms. The van der Waals surface area contributed by atoms with Gasteiger partial charge >= 0.3 is 0 Å². The second-order valence-electron chi connectivity index (χ2n) is 5.79. The van der Waals surface area contributed by atoms with Crippen LogP contribution < -0.4 is 10.0 Å². The number of amides is 2. The van der Waals surface area contributed by atoms with Gasteiger partial charge in [0.2, 0.25) is 0 Å². The predicted octanol–water partition coefficient (Wildman–Crippen LogP) is 2.16. The molecule has 0 spiro atoms. The van der Waals surface area contributed by atoms with Crippen LogP contribution in [0.2, 0.25) is 0 Å². The van der Waals surface area contributed by atoms with Gasteiger partial charge in [-0.15, -0.1) is 0 Å². The number of benzene rings is 2. The molecule has 0 radical (unpaired) electrons. The molecule has 0 N–H and O–H groups in total. The molecular weight excluding hydrogens is 290 g/mol. The van der Waals surface area contributed by atoms with Crippen molar-refractivity contribution in [2.45, 2.75) is 0 Å². The number of hydrazine groups is 1. The second kappa shape index (κ2) is 6.22. The molecule has 1 heterocycles. The number of carbonyl (C=O) groups excluding carboxylic acids is 2. The van der Waals surface area contributed by atoms with Crippen LogP contribution in [0.15, 0.2) is 60.7 Å². The van der Waals surface area contributed by atoms with Crippen molar-refractivity contribution in [2.24, 2.45) is 5.92 Å². The third-order valence-electron chi connectivity index (χ3n) is 3.76. The van der Waals surface area contributed by atoms with E-state index in [0.717, 1.165) is 0 Å². The Morgan fingerprint density at radius 1 is 0.783 bits per heavy atom. The largest absolute Gasteiger partial charge is 0.308 e. The molecule has 1 aliphatic heterocycles. The Kier molecular flexibility index (Phi) is 4.12. The molecule has 0 unspecified atom stereocenters. The molecule has 23 heavy (non-hydrogen) atoms. The summed E-state index contributed by atoms with van der Waals surface area (Å²) in [5, 5.41) is 2.96. The highest BCUT2D eigenvalue weighted by molar-refractivity contribution is 6.23. The highest BCUT2D eigenvalue weighted by Gasteiger charge is 2.47. The average molecular weight is 309 g/mol. The maximum Gasteiger partial charge on any atom is 0.260 e. The van der Waals surface area contributed by atoms with Gasteiger partial charge in [0.1, 0.15) is 5.92 Å². The minimum absolute atomic E-state index is 0.196. The van der Waals surface area contributed by atoms with Crippen molar-refractivity contribution in [3.63, 3.8) is 0 Å². The first-order valence-corrected chi connectivity index (χ1v) is 7.52. The number of nitrogens with zero attached hydrogens (tertiary/aromatic N) is 3. The summed E-state index contributed by atoms with van der Waals surface area (Å²) in [5.41, 5.74) is 1.38. The van der Waals surface area contributed by atoms with Crippen LogP contribution in [0.4, 0.5) is 11.4 Å². The average Bonchev–Trinajstić information content (AvgIpc) is 2.80. The summed E-state index contributed by atoms with van der Waals surface area (Å²) in [6, 6.07) is 18.5. The standard InChI is InChI=1S/C18H19N3O2/c1-19(2)13-16-17(22)20(14-9-5-3-6-10-14)21(18(16)23)15-11-7-4-8-12-15/h3-12,16H,13H2,1-2H3. The summed E-state index contributed by atoms with van der Waals surface area (Å²) in [6.45, 7) is 0.393. The zero-order valence-electron chi connectivity index (χ0n) is 13.2. The summed E-state index contributed by atoms with van der Waals surface area (Å²) >= 11 is 0. The lowest BCUT2D eigenvalue weighted by Crippen LogP contribution is -2.41. The lowest BCUT2D eigenvalue weighted by molar-refractivity contribution is -0.127. The van der Waals surface area contributed by atoms with Gasteiger partial charge < -0.3 is 4.90 Å². The number of rotatable bonds is 4. The van der Waals surface area contributed by atoms with Crippen LogP contribution in [-0.4, -0.2) is 37.4 Å². The van der Waals surface area contributed by atoms with Crippen molar-refractivity contribution in [3.05, 3.63) is 60.7 Å². The maximum absolute atomic E-state index is 12.9. The van der Waals surface area contributed by atoms with Crippen LogP contribution in [0, 0.1) is 5.92 Å². The first-order chi connectivity index (χ1) is 11.1. The number of para-hydroxylation sites is 2. The van der Waals surface area contributed by atoms with Crippen LogP contribution in [0.5, 0.6) is 0 Å². The number of hydrogen-bond donors (Lipinski definition) is 0. The number of hydrogen-bond acceptors (Lipinski definition) is 3. The van der Waals surface area contributed by atoms with E-state index >= 15 is 0 Å². The third kappa shape index (κ3) is 2.83. The normalized spacial score (nSPS) is 15.8. The summed E-state index contributed by atoms with van der Waals surface area (Å²) in [4.78, 5) is 27.6. The van der Waals surface area contributed by atoms with Crippen molar-refractivity contribution in [2.75, 3.05) is 30.7 Å². The molecule has 2 aromatic rings. The molecule has 5 nitrogen and oxygen atoms in total. The minimum atomic E-state index is -0.689.